The molecule has 1 fully saturated rings. The number of piperazine rings is 1. The number of benzene rings is 2. The van der Waals surface area contributed by atoms with Gasteiger partial charge in [-0.3, -0.25) is 0 Å². The monoisotopic (exact) mass is 491 g/mol. The van der Waals surface area contributed by atoms with Crippen molar-refractivity contribution in [1.82, 2.24) is 4.90 Å². The maximum atomic E-state index is 12.3. The van der Waals surface area contributed by atoms with Crippen LogP contribution in [0.4, 0.5) is 16.2 Å². The summed E-state index contributed by atoms with van der Waals surface area (Å²) in [5.74, 6) is 0. The lowest BCUT2D eigenvalue weighted by Gasteiger charge is -2.36. The normalized spacial score (nSPS) is 14.4. The van der Waals surface area contributed by atoms with Gasteiger partial charge in [0.15, 0.2) is 0 Å². The van der Waals surface area contributed by atoms with Crippen LogP contribution in [0.3, 0.4) is 0 Å². The van der Waals surface area contributed by atoms with E-state index in [4.69, 9.17) is 4.74 Å². The first kappa shape index (κ1) is 27.6. The van der Waals surface area contributed by atoms with Crippen molar-refractivity contribution in [3.05, 3.63) is 59.7 Å². The molecule has 3 rings (SSSR count). The van der Waals surface area contributed by atoms with Crippen molar-refractivity contribution in [2.75, 3.05) is 49.1 Å². The van der Waals surface area contributed by atoms with Crippen molar-refractivity contribution in [2.45, 2.75) is 65.9 Å². The van der Waals surface area contributed by atoms with Gasteiger partial charge in [-0.2, -0.15) is 0 Å². The second-order valence-corrected chi connectivity index (χ2v) is 10.7. The van der Waals surface area contributed by atoms with E-state index in [2.05, 4.69) is 84.3 Å². The Morgan fingerprint density at radius 2 is 1.33 bits per heavy atom. The molecule has 5 heteroatoms. The van der Waals surface area contributed by atoms with Crippen LogP contribution in [0, 0.1) is 0 Å². The predicted molar refractivity (Wildman–Crippen MR) is 154 cm³/mol. The molecule has 0 spiro atoms. The summed E-state index contributed by atoms with van der Waals surface area (Å²) in [5, 5.41) is 0. The molecule has 0 aromatic heterocycles. The molecule has 1 heterocycles. The zero-order valence-electron chi connectivity index (χ0n) is 23.0. The third-order valence-electron chi connectivity index (χ3n) is 6.48. The zero-order chi connectivity index (χ0) is 26.0. The van der Waals surface area contributed by atoms with Gasteiger partial charge in [-0.15, -0.1) is 0 Å². The fourth-order valence-corrected chi connectivity index (χ4v) is 4.33. The summed E-state index contributed by atoms with van der Waals surface area (Å²) in [7, 11) is 0. The number of hydrogen-bond acceptors (Lipinski definition) is 4. The van der Waals surface area contributed by atoms with Gasteiger partial charge in [-0.1, -0.05) is 63.1 Å². The smallest absolute Gasteiger partial charge is 0.410 e. The van der Waals surface area contributed by atoms with Crippen LogP contribution in [0.15, 0.2) is 48.5 Å². The summed E-state index contributed by atoms with van der Waals surface area (Å²) in [6.45, 7) is 15.5. The third-order valence-corrected chi connectivity index (χ3v) is 6.48. The van der Waals surface area contributed by atoms with E-state index in [1.54, 1.807) is 4.90 Å². The van der Waals surface area contributed by atoms with Gasteiger partial charge in [0.25, 0.3) is 0 Å². The van der Waals surface area contributed by atoms with Gasteiger partial charge in [0.05, 0.1) is 0 Å². The van der Waals surface area contributed by atoms with E-state index in [9.17, 15) is 4.79 Å². The summed E-state index contributed by atoms with van der Waals surface area (Å²) in [6, 6.07) is 17.6. The fourth-order valence-electron chi connectivity index (χ4n) is 4.33. The molecular weight excluding hydrogens is 446 g/mol. The summed E-state index contributed by atoms with van der Waals surface area (Å²) in [6.07, 6.45) is 9.06. The zero-order valence-corrected chi connectivity index (χ0v) is 23.0. The molecule has 196 valence electrons. The van der Waals surface area contributed by atoms with Crippen LogP contribution in [0.25, 0.3) is 12.2 Å². The lowest BCUT2D eigenvalue weighted by Crippen LogP contribution is -2.50. The Labute approximate surface area is 218 Å². The minimum Gasteiger partial charge on any atom is -0.444 e. The van der Waals surface area contributed by atoms with E-state index >= 15 is 0 Å². The number of hydrogen-bond donors (Lipinski definition) is 0. The fraction of sp³-hybridized carbons (Fsp3) is 0.516. The second kappa shape index (κ2) is 13.4. The summed E-state index contributed by atoms with van der Waals surface area (Å²) >= 11 is 0. The van der Waals surface area contributed by atoms with Crippen LogP contribution in [0.1, 0.15) is 71.4 Å². The number of carbonyl (C=O) groups excluding carboxylic acids is 1. The minimum absolute atomic E-state index is 0.217. The Hall–Kier alpha value is -2.95. The molecule has 0 bridgehead atoms. The summed E-state index contributed by atoms with van der Waals surface area (Å²) < 4.78 is 5.50. The topological polar surface area (TPSA) is 36.0 Å². The summed E-state index contributed by atoms with van der Waals surface area (Å²) in [5.41, 5.74) is 4.46. The van der Waals surface area contributed by atoms with E-state index in [-0.39, 0.29) is 6.09 Å². The number of anilines is 2. The quantitative estimate of drug-likeness (QED) is 0.326. The largest absolute Gasteiger partial charge is 0.444 e. The molecule has 1 aliphatic rings. The van der Waals surface area contributed by atoms with Crippen LogP contribution in [-0.2, 0) is 4.74 Å². The predicted octanol–water partition coefficient (Wildman–Crippen LogP) is 7.32. The Morgan fingerprint density at radius 1 is 0.833 bits per heavy atom. The molecule has 0 aliphatic carbocycles. The van der Waals surface area contributed by atoms with E-state index in [0.29, 0.717) is 13.1 Å². The average molecular weight is 492 g/mol. The number of nitrogens with zero attached hydrogens (tertiary/aromatic N) is 3. The Morgan fingerprint density at radius 3 is 1.81 bits per heavy atom. The first-order valence-corrected chi connectivity index (χ1v) is 13.6. The highest BCUT2D eigenvalue weighted by Crippen LogP contribution is 2.21. The highest BCUT2D eigenvalue weighted by molar-refractivity contribution is 5.72. The molecule has 5 nitrogen and oxygen atoms in total. The Balaban J connectivity index is 1.53. The summed E-state index contributed by atoms with van der Waals surface area (Å²) in [4.78, 5) is 19.0. The molecule has 0 N–H and O–H groups in total. The van der Waals surface area contributed by atoms with Crippen molar-refractivity contribution in [1.29, 1.82) is 0 Å². The van der Waals surface area contributed by atoms with Gasteiger partial charge in [0, 0.05) is 50.6 Å². The molecule has 2 aromatic rings. The Kier molecular flexibility index (Phi) is 10.3. The van der Waals surface area contributed by atoms with Gasteiger partial charge < -0.3 is 19.4 Å². The van der Waals surface area contributed by atoms with Crippen LogP contribution >= 0.6 is 0 Å². The minimum atomic E-state index is -0.455. The molecule has 1 amide bonds. The second-order valence-electron chi connectivity index (χ2n) is 10.7. The SMILES string of the molecule is CCCCN(CCCC)c1ccc(C=Cc2ccc(N3CCN(C(=O)OC(C)(C)C)CC3)cc2)cc1. The molecule has 0 unspecified atom stereocenters. The molecule has 0 atom stereocenters. The molecule has 1 saturated heterocycles. The van der Waals surface area contributed by atoms with E-state index in [1.165, 1.54) is 48.2 Å². The number of carbonyl (C=O) groups is 1. The van der Waals surface area contributed by atoms with E-state index < -0.39 is 5.60 Å². The van der Waals surface area contributed by atoms with Gasteiger partial charge in [0.1, 0.15) is 5.60 Å². The number of rotatable bonds is 10. The number of unbranched alkanes of at least 4 members (excludes halogenated alkanes) is 2. The molecule has 0 radical (unpaired) electrons. The molecule has 36 heavy (non-hydrogen) atoms. The lowest BCUT2D eigenvalue weighted by molar-refractivity contribution is 0.0240. The van der Waals surface area contributed by atoms with Gasteiger partial charge in [-0.25, -0.2) is 4.79 Å². The van der Waals surface area contributed by atoms with Crippen molar-refractivity contribution in [3.8, 4) is 0 Å². The van der Waals surface area contributed by atoms with Crippen molar-refractivity contribution in [3.63, 3.8) is 0 Å². The third kappa shape index (κ3) is 8.61. The molecule has 0 saturated carbocycles. The lowest BCUT2D eigenvalue weighted by atomic mass is 10.1. The van der Waals surface area contributed by atoms with Crippen LogP contribution in [0.5, 0.6) is 0 Å². The van der Waals surface area contributed by atoms with Crippen molar-refractivity contribution < 1.29 is 9.53 Å². The van der Waals surface area contributed by atoms with Crippen LogP contribution in [-0.4, -0.2) is 55.9 Å². The van der Waals surface area contributed by atoms with Crippen LogP contribution < -0.4 is 9.80 Å². The van der Waals surface area contributed by atoms with E-state index in [0.717, 1.165) is 26.2 Å². The first-order chi connectivity index (χ1) is 17.3. The van der Waals surface area contributed by atoms with Gasteiger partial charge >= 0.3 is 6.09 Å². The standard InChI is InChI=1S/C31H45N3O2/c1-6-8-20-32(21-9-7-2)28-16-12-26(13-17-28)10-11-27-14-18-29(19-15-27)33-22-24-34(25-23-33)30(35)36-31(3,4)5/h10-19H,6-9,20-25H2,1-5H3. The van der Waals surface area contributed by atoms with Gasteiger partial charge in [-0.05, 0) is 69.0 Å². The highest BCUT2D eigenvalue weighted by atomic mass is 16.6. The molecule has 2 aromatic carbocycles. The van der Waals surface area contributed by atoms with Gasteiger partial charge in [0.2, 0.25) is 0 Å². The van der Waals surface area contributed by atoms with Crippen molar-refractivity contribution in [2.24, 2.45) is 0 Å². The highest BCUT2D eigenvalue weighted by Gasteiger charge is 2.25. The average Bonchev–Trinajstić information content (AvgIpc) is 2.87. The number of amides is 1. The first-order valence-electron chi connectivity index (χ1n) is 13.6. The van der Waals surface area contributed by atoms with E-state index in [1.807, 2.05) is 20.8 Å². The Bertz CT molecular complexity index is 945. The van der Waals surface area contributed by atoms with Crippen molar-refractivity contribution >= 4 is 29.6 Å². The van der Waals surface area contributed by atoms with Crippen LogP contribution in [0.2, 0.25) is 0 Å². The molecular formula is C31H45N3O2. The molecule has 1 aliphatic heterocycles. The maximum absolute atomic E-state index is 12.3. The number of ether oxygens (including phenoxy) is 1. The maximum Gasteiger partial charge on any atom is 0.410 e.